The first-order valence-corrected chi connectivity index (χ1v) is 11.1. The number of carbonyl (C=O) groups is 1. The number of hydrogen-bond donors (Lipinski definition) is 0. The Kier molecular flexibility index (Phi) is 7.71. The maximum absolute atomic E-state index is 12.4. The molecule has 0 atom stereocenters. The molecule has 0 radical (unpaired) electrons. The van der Waals surface area contributed by atoms with Crippen LogP contribution in [0.4, 0.5) is 0 Å². The minimum atomic E-state index is -0.282. The topological polar surface area (TPSA) is 26.3 Å². The molecule has 2 aromatic rings. The summed E-state index contributed by atoms with van der Waals surface area (Å²) >= 11 is 0. The first kappa shape index (κ1) is 20.6. The lowest BCUT2D eigenvalue weighted by Gasteiger charge is -2.29. The van der Waals surface area contributed by atoms with Crippen LogP contribution < -0.4 is 4.74 Å². The third-order valence-corrected chi connectivity index (χ3v) is 6.22. The molecule has 0 N–H and O–H groups in total. The molecule has 150 valence electrons. The van der Waals surface area contributed by atoms with Gasteiger partial charge in [0.05, 0.1) is 5.56 Å². The Balaban J connectivity index is 1.51. The zero-order chi connectivity index (χ0) is 19.8. The number of hydrogen-bond acceptors (Lipinski definition) is 2. The van der Waals surface area contributed by atoms with Crippen molar-refractivity contribution < 1.29 is 9.53 Å². The van der Waals surface area contributed by atoms with Crippen LogP contribution in [0.5, 0.6) is 5.75 Å². The van der Waals surface area contributed by atoms with Crippen molar-refractivity contribution in [2.45, 2.75) is 77.6 Å². The summed E-state index contributed by atoms with van der Waals surface area (Å²) in [6.45, 7) is 4.39. The number of ether oxygens (including phenoxy) is 1. The van der Waals surface area contributed by atoms with E-state index >= 15 is 0 Å². The molecule has 1 aliphatic carbocycles. The molecule has 0 bridgehead atoms. The van der Waals surface area contributed by atoms with Gasteiger partial charge < -0.3 is 4.74 Å². The molecular weight excluding hydrogens is 344 g/mol. The normalized spacial score (nSPS) is 19.4. The highest BCUT2D eigenvalue weighted by Crippen LogP contribution is 2.37. The lowest BCUT2D eigenvalue weighted by Crippen LogP contribution is -2.14. The Hall–Kier alpha value is -2.09. The minimum absolute atomic E-state index is 0.282. The monoisotopic (exact) mass is 378 g/mol. The van der Waals surface area contributed by atoms with Gasteiger partial charge in [-0.25, -0.2) is 4.79 Å². The third kappa shape index (κ3) is 5.70. The van der Waals surface area contributed by atoms with Gasteiger partial charge in [-0.05, 0) is 79.3 Å². The zero-order valence-corrected chi connectivity index (χ0v) is 17.5. The van der Waals surface area contributed by atoms with Gasteiger partial charge in [0.15, 0.2) is 0 Å². The summed E-state index contributed by atoms with van der Waals surface area (Å²) in [6, 6.07) is 15.8. The highest BCUT2D eigenvalue weighted by atomic mass is 16.5. The number of aryl methyl sites for hydroxylation is 1. The molecule has 2 aromatic carbocycles. The van der Waals surface area contributed by atoms with E-state index in [2.05, 4.69) is 26.0 Å². The van der Waals surface area contributed by atoms with Gasteiger partial charge in [-0.1, -0.05) is 63.8 Å². The van der Waals surface area contributed by atoms with Crippen LogP contribution in [-0.2, 0) is 6.42 Å². The predicted molar refractivity (Wildman–Crippen MR) is 116 cm³/mol. The van der Waals surface area contributed by atoms with Crippen LogP contribution in [0.3, 0.4) is 0 Å². The lowest BCUT2D eigenvalue weighted by molar-refractivity contribution is 0.0734. The Morgan fingerprint density at radius 1 is 0.893 bits per heavy atom. The number of esters is 1. The molecule has 2 heteroatoms. The molecule has 0 unspecified atom stereocenters. The summed E-state index contributed by atoms with van der Waals surface area (Å²) in [5.74, 6) is 1.90. The van der Waals surface area contributed by atoms with Crippen molar-refractivity contribution in [3.05, 3.63) is 65.2 Å². The Bertz CT molecular complexity index is 722. The van der Waals surface area contributed by atoms with Crippen molar-refractivity contribution in [1.29, 1.82) is 0 Å². The highest BCUT2D eigenvalue weighted by molar-refractivity contribution is 5.91. The molecule has 0 spiro atoms. The highest BCUT2D eigenvalue weighted by Gasteiger charge is 2.22. The second-order valence-corrected chi connectivity index (χ2v) is 8.22. The van der Waals surface area contributed by atoms with Crippen LogP contribution in [0.2, 0.25) is 0 Å². The number of unbranched alkanes of at least 4 members (excludes halogenated alkanes) is 2. The fraction of sp³-hybridized carbons (Fsp3) is 0.500. The van der Waals surface area contributed by atoms with Crippen LogP contribution in [0.25, 0.3) is 0 Å². The van der Waals surface area contributed by atoms with Gasteiger partial charge in [0.25, 0.3) is 0 Å². The maximum atomic E-state index is 12.4. The first-order valence-electron chi connectivity index (χ1n) is 11.1. The largest absolute Gasteiger partial charge is 0.423 e. The third-order valence-electron chi connectivity index (χ3n) is 6.22. The lowest BCUT2D eigenvalue weighted by atomic mass is 9.77. The maximum Gasteiger partial charge on any atom is 0.343 e. The van der Waals surface area contributed by atoms with Crippen LogP contribution in [0, 0.1) is 5.92 Å². The van der Waals surface area contributed by atoms with Gasteiger partial charge >= 0.3 is 5.97 Å². The standard InChI is InChI=1S/C26H34O2/c1-3-5-6-7-21-8-12-22(13-9-21)23-14-16-24(17-15-23)26(27)28-25-18-10-20(4-2)11-19-25/h10-11,14-19,21-22H,3-9,12-13H2,1-2H3. The Labute approximate surface area is 170 Å². The van der Waals surface area contributed by atoms with E-state index in [1.807, 2.05) is 36.4 Å². The molecule has 0 heterocycles. The molecule has 1 aliphatic rings. The summed E-state index contributed by atoms with van der Waals surface area (Å²) in [5, 5.41) is 0. The second kappa shape index (κ2) is 10.5. The molecule has 1 fully saturated rings. The fourth-order valence-electron chi connectivity index (χ4n) is 4.32. The fourth-order valence-corrected chi connectivity index (χ4v) is 4.32. The van der Waals surface area contributed by atoms with Gasteiger partial charge in [-0.3, -0.25) is 0 Å². The summed E-state index contributed by atoms with van der Waals surface area (Å²) in [5.41, 5.74) is 3.23. The van der Waals surface area contributed by atoms with E-state index in [-0.39, 0.29) is 5.97 Å². The van der Waals surface area contributed by atoms with E-state index in [4.69, 9.17) is 4.74 Å². The molecule has 0 saturated heterocycles. The Morgan fingerprint density at radius 3 is 2.18 bits per heavy atom. The Morgan fingerprint density at radius 2 is 1.57 bits per heavy atom. The van der Waals surface area contributed by atoms with Crippen molar-refractivity contribution in [3.8, 4) is 5.75 Å². The van der Waals surface area contributed by atoms with E-state index in [1.165, 1.54) is 62.5 Å². The van der Waals surface area contributed by atoms with Gasteiger partial charge in [0, 0.05) is 0 Å². The predicted octanol–water partition coefficient (Wildman–Crippen LogP) is 7.32. The van der Waals surface area contributed by atoms with E-state index < -0.39 is 0 Å². The number of rotatable bonds is 8. The van der Waals surface area contributed by atoms with E-state index in [1.54, 1.807) is 0 Å². The van der Waals surface area contributed by atoms with E-state index in [0.717, 1.165) is 12.3 Å². The second-order valence-electron chi connectivity index (χ2n) is 8.22. The molecule has 0 aliphatic heterocycles. The zero-order valence-electron chi connectivity index (χ0n) is 17.5. The summed E-state index contributed by atoms with van der Waals surface area (Å²) in [7, 11) is 0. The van der Waals surface area contributed by atoms with Crippen LogP contribution in [0.1, 0.15) is 92.6 Å². The minimum Gasteiger partial charge on any atom is -0.423 e. The quantitative estimate of drug-likeness (QED) is 0.273. The van der Waals surface area contributed by atoms with Gasteiger partial charge in [-0.2, -0.15) is 0 Å². The summed E-state index contributed by atoms with van der Waals surface area (Å²) in [6.07, 6.45) is 11.7. The van der Waals surface area contributed by atoms with Crippen LogP contribution >= 0.6 is 0 Å². The van der Waals surface area contributed by atoms with E-state index in [0.29, 0.717) is 17.2 Å². The number of benzene rings is 2. The average molecular weight is 379 g/mol. The van der Waals surface area contributed by atoms with Crippen molar-refractivity contribution in [2.75, 3.05) is 0 Å². The van der Waals surface area contributed by atoms with Crippen molar-refractivity contribution in [2.24, 2.45) is 5.92 Å². The molecule has 0 aromatic heterocycles. The summed E-state index contributed by atoms with van der Waals surface area (Å²) in [4.78, 5) is 12.4. The van der Waals surface area contributed by atoms with Gasteiger partial charge in [0.2, 0.25) is 0 Å². The van der Waals surface area contributed by atoms with Crippen molar-refractivity contribution in [1.82, 2.24) is 0 Å². The van der Waals surface area contributed by atoms with E-state index in [9.17, 15) is 4.79 Å². The van der Waals surface area contributed by atoms with Crippen LogP contribution in [0.15, 0.2) is 48.5 Å². The average Bonchev–Trinajstić information content (AvgIpc) is 2.75. The molecule has 0 amide bonds. The van der Waals surface area contributed by atoms with Crippen molar-refractivity contribution >= 4 is 5.97 Å². The van der Waals surface area contributed by atoms with Crippen molar-refractivity contribution in [3.63, 3.8) is 0 Å². The smallest absolute Gasteiger partial charge is 0.343 e. The van der Waals surface area contributed by atoms with Gasteiger partial charge in [0.1, 0.15) is 5.75 Å². The van der Waals surface area contributed by atoms with Crippen LogP contribution in [-0.4, -0.2) is 5.97 Å². The number of carbonyl (C=O) groups excluding carboxylic acids is 1. The molecular formula is C26H34O2. The first-order chi connectivity index (χ1) is 13.7. The molecule has 3 rings (SSSR count). The SMILES string of the molecule is CCCCCC1CCC(c2ccc(C(=O)Oc3ccc(CC)cc3)cc2)CC1. The van der Waals surface area contributed by atoms with Gasteiger partial charge in [-0.15, -0.1) is 0 Å². The molecule has 1 saturated carbocycles. The summed E-state index contributed by atoms with van der Waals surface area (Å²) < 4.78 is 5.51. The molecule has 2 nitrogen and oxygen atoms in total. The molecule has 28 heavy (non-hydrogen) atoms.